The molecule has 0 aromatic heterocycles. The van der Waals surface area contributed by atoms with Crippen molar-refractivity contribution in [1.82, 2.24) is 5.32 Å². The van der Waals surface area contributed by atoms with Crippen molar-refractivity contribution >= 4 is 29.2 Å². The number of carbonyl (C=O) groups excluding carboxylic acids is 3. The average molecular weight is 538 g/mol. The molecule has 0 radical (unpaired) electrons. The summed E-state index contributed by atoms with van der Waals surface area (Å²) in [6.07, 6.45) is 3.34. The molecule has 5 rings (SSSR count). The predicted molar refractivity (Wildman–Crippen MR) is 156 cm³/mol. The van der Waals surface area contributed by atoms with E-state index in [0.29, 0.717) is 11.3 Å². The summed E-state index contributed by atoms with van der Waals surface area (Å²) >= 11 is 0. The molecular formula is C33H35N3O4. The van der Waals surface area contributed by atoms with E-state index in [1.807, 2.05) is 80.6 Å². The van der Waals surface area contributed by atoms with E-state index in [2.05, 4.69) is 5.32 Å². The van der Waals surface area contributed by atoms with Crippen molar-refractivity contribution in [2.45, 2.75) is 58.7 Å². The number of fused-ring (bicyclic) bond motifs is 1. The maximum atomic E-state index is 14.1. The van der Waals surface area contributed by atoms with Crippen molar-refractivity contribution in [1.29, 1.82) is 0 Å². The third-order valence-electron chi connectivity index (χ3n) is 7.76. The molecule has 3 aromatic carbocycles. The molecule has 0 saturated heterocycles. The SMILES string of the molecule is Cc1ccccc1C(=O)CN1C(=O)[C@@H](NC(=O)OCc2ccccc2)N=C(C2CCCCC2)c2cccc(C)c21. The highest BCUT2D eigenvalue weighted by atomic mass is 16.5. The molecule has 1 N–H and O–H groups in total. The molecule has 1 heterocycles. The number of alkyl carbamates (subject to hydrolysis) is 1. The lowest BCUT2D eigenvalue weighted by atomic mass is 9.82. The van der Waals surface area contributed by atoms with Gasteiger partial charge in [0.25, 0.3) is 5.91 Å². The van der Waals surface area contributed by atoms with E-state index in [1.54, 1.807) is 6.07 Å². The van der Waals surface area contributed by atoms with Crippen molar-refractivity contribution < 1.29 is 19.1 Å². The van der Waals surface area contributed by atoms with E-state index in [1.165, 1.54) is 11.3 Å². The van der Waals surface area contributed by atoms with Crippen LogP contribution in [0.1, 0.15) is 64.7 Å². The molecule has 1 aliphatic heterocycles. The summed E-state index contributed by atoms with van der Waals surface area (Å²) in [4.78, 5) is 47.0. The normalized spacial score (nSPS) is 17.4. The minimum absolute atomic E-state index is 0.0710. The number of amides is 2. The summed E-state index contributed by atoms with van der Waals surface area (Å²) in [5.74, 6) is -0.467. The molecular weight excluding hydrogens is 502 g/mol. The van der Waals surface area contributed by atoms with E-state index in [-0.39, 0.29) is 24.9 Å². The first kappa shape index (κ1) is 27.3. The molecule has 7 nitrogen and oxygen atoms in total. The fraction of sp³-hybridized carbons (Fsp3) is 0.333. The van der Waals surface area contributed by atoms with Crippen LogP contribution in [0.15, 0.2) is 77.8 Å². The van der Waals surface area contributed by atoms with E-state index >= 15 is 0 Å². The number of hydrogen-bond donors (Lipinski definition) is 1. The lowest BCUT2D eigenvalue weighted by Gasteiger charge is -2.27. The first-order valence-corrected chi connectivity index (χ1v) is 14.0. The fourth-order valence-electron chi connectivity index (χ4n) is 5.69. The van der Waals surface area contributed by atoms with Gasteiger partial charge >= 0.3 is 6.09 Å². The number of nitrogens with zero attached hydrogens (tertiary/aromatic N) is 2. The standard InChI is InChI=1S/C33H35N3O4/c1-22-12-9-10-18-26(22)28(37)20-36-30-23(2)13-11-19-27(30)29(25-16-7-4-8-17-25)34-31(32(36)38)35-33(39)40-21-24-14-5-3-6-15-24/h3,5-6,9-15,18-19,25,31H,4,7-8,16-17,20-21H2,1-2H3,(H,35,39)/t31-/m1/s1. The largest absolute Gasteiger partial charge is 0.445 e. The molecule has 0 spiro atoms. The fourth-order valence-corrected chi connectivity index (χ4v) is 5.69. The monoisotopic (exact) mass is 537 g/mol. The molecule has 206 valence electrons. The Labute approximate surface area is 235 Å². The average Bonchev–Trinajstić information content (AvgIpc) is 3.08. The molecule has 2 aliphatic rings. The van der Waals surface area contributed by atoms with Crippen molar-refractivity contribution in [2.24, 2.45) is 10.9 Å². The number of hydrogen-bond acceptors (Lipinski definition) is 5. The van der Waals surface area contributed by atoms with Crippen LogP contribution in [-0.4, -0.2) is 36.2 Å². The number of benzodiazepines with no additional fused rings is 1. The smallest absolute Gasteiger partial charge is 0.409 e. The van der Waals surface area contributed by atoms with Crippen LogP contribution in [0.2, 0.25) is 0 Å². The highest BCUT2D eigenvalue weighted by Gasteiger charge is 2.37. The highest BCUT2D eigenvalue weighted by Crippen LogP contribution is 2.36. The lowest BCUT2D eigenvalue weighted by Crippen LogP contribution is -2.49. The second kappa shape index (κ2) is 12.3. The van der Waals surface area contributed by atoms with E-state index in [4.69, 9.17) is 9.73 Å². The number of rotatable bonds is 7. The minimum Gasteiger partial charge on any atom is -0.445 e. The topological polar surface area (TPSA) is 88.1 Å². The van der Waals surface area contributed by atoms with Crippen LogP contribution in [0.3, 0.4) is 0 Å². The Bertz CT molecular complexity index is 1430. The number of para-hydroxylation sites is 1. The number of anilines is 1. The number of aryl methyl sites for hydroxylation is 2. The summed E-state index contributed by atoms with van der Waals surface area (Å²) in [6, 6.07) is 22.6. The van der Waals surface area contributed by atoms with Crippen LogP contribution in [-0.2, 0) is 16.1 Å². The van der Waals surface area contributed by atoms with Gasteiger partial charge in [-0.15, -0.1) is 0 Å². The Morgan fingerprint density at radius 2 is 1.60 bits per heavy atom. The van der Waals surface area contributed by atoms with Crippen LogP contribution in [0.5, 0.6) is 0 Å². The minimum atomic E-state index is -1.21. The van der Waals surface area contributed by atoms with Crippen LogP contribution in [0, 0.1) is 19.8 Å². The molecule has 0 bridgehead atoms. The van der Waals surface area contributed by atoms with Crippen molar-refractivity contribution in [3.8, 4) is 0 Å². The van der Waals surface area contributed by atoms with Gasteiger partial charge in [-0.2, -0.15) is 0 Å². The van der Waals surface area contributed by atoms with Gasteiger partial charge in [0.2, 0.25) is 6.17 Å². The zero-order valence-electron chi connectivity index (χ0n) is 23.1. The van der Waals surface area contributed by atoms with Gasteiger partial charge in [0.05, 0.1) is 17.9 Å². The molecule has 2 amide bonds. The summed E-state index contributed by atoms with van der Waals surface area (Å²) in [6.45, 7) is 3.74. The Hall–Kier alpha value is -4.26. The Balaban J connectivity index is 1.50. The third kappa shape index (κ3) is 5.98. The molecule has 7 heteroatoms. The summed E-state index contributed by atoms with van der Waals surface area (Å²) < 4.78 is 5.45. The molecule has 0 unspecified atom stereocenters. The van der Waals surface area contributed by atoms with Gasteiger partial charge in [-0.3, -0.25) is 19.9 Å². The Morgan fingerprint density at radius 3 is 2.35 bits per heavy atom. The van der Waals surface area contributed by atoms with Crippen LogP contribution in [0.25, 0.3) is 0 Å². The van der Waals surface area contributed by atoms with E-state index in [0.717, 1.165) is 53.6 Å². The van der Waals surface area contributed by atoms with Crippen molar-refractivity contribution in [2.75, 3.05) is 11.4 Å². The van der Waals surface area contributed by atoms with Crippen LogP contribution in [0.4, 0.5) is 10.5 Å². The van der Waals surface area contributed by atoms with Crippen molar-refractivity contribution in [3.05, 3.63) is 101 Å². The summed E-state index contributed by atoms with van der Waals surface area (Å²) in [5, 5.41) is 2.71. The summed E-state index contributed by atoms with van der Waals surface area (Å²) in [7, 11) is 0. The molecule has 1 saturated carbocycles. The zero-order chi connectivity index (χ0) is 28.1. The maximum Gasteiger partial charge on any atom is 0.409 e. The number of carbonyl (C=O) groups is 3. The third-order valence-corrected chi connectivity index (χ3v) is 7.76. The second-order valence-corrected chi connectivity index (χ2v) is 10.6. The van der Waals surface area contributed by atoms with Crippen LogP contribution < -0.4 is 10.2 Å². The molecule has 40 heavy (non-hydrogen) atoms. The molecule has 3 aromatic rings. The van der Waals surface area contributed by atoms with Gasteiger partial charge < -0.3 is 9.64 Å². The first-order valence-electron chi connectivity index (χ1n) is 14.0. The number of Topliss-reactive ketones (excluding diaryl/α,β-unsaturated/α-hetero) is 1. The first-order chi connectivity index (χ1) is 19.4. The number of ketones is 1. The number of nitrogens with one attached hydrogen (secondary N) is 1. The van der Waals surface area contributed by atoms with Gasteiger partial charge in [0, 0.05) is 17.0 Å². The highest BCUT2D eigenvalue weighted by molar-refractivity contribution is 6.16. The maximum absolute atomic E-state index is 14.1. The van der Waals surface area contributed by atoms with E-state index in [9.17, 15) is 14.4 Å². The van der Waals surface area contributed by atoms with Gasteiger partial charge in [-0.05, 0) is 43.4 Å². The Morgan fingerprint density at radius 1 is 0.900 bits per heavy atom. The molecule has 1 atom stereocenters. The van der Waals surface area contributed by atoms with Gasteiger partial charge in [-0.1, -0.05) is 92.1 Å². The number of ether oxygens (including phenoxy) is 1. The Kier molecular flexibility index (Phi) is 8.39. The van der Waals surface area contributed by atoms with Gasteiger partial charge in [0.1, 0.15) is 6.61 Å². The zero-order valence-corrected chi connectivity index (χ0v) is 23.1. The second-order valence-electron chi connectivity index (χ2n) is 10.6. The summed E-state index contributed by atoms with van der Waals surface area (Å²) in [5.41, 5.74) is 5.46. The van der Waals surface area contributed by atoms with E-state index < -0.39 is 18.2 Å². The van der Waals surface area contributed by atoms with Crippen molar-refractivity contribution in [3.63, 3.8) is 0 Å². The lowest BCUT2D eigenvalue weighted by molar-refractivity contribution is -0.120. The number of aliphatic imine (C=N–C) groups is 1. The van der Waals surface area contributed by atoms with Gasteiger partial charge in [-0.25, -0.2) is 4.79 Å². The number of benzene rings is 3. The quantitative estimate of drug-likeness (QED) is 0.366. The predicted octanol–water partition coefficient (Wildman–Crippen LogP) is 6.15. The molecule has 1 aliphatic carbocycles. The van der Waals surface area contributed by atoms with Crippen LogP contribution >= 0.6 is 0 Å². The van der Waals surface area contributed by atoms with Gasteiger partial charge in [0.15, 0.2) is 5.78 Å². The molecule has 1 fully saturated rings.